The summed E-state index contributed by atoms with van der Waals surface area (Å²) in [6.07, 6.45) is 4.02. The fourth-order valence-electron chi connectivity index (χ4n) is 2.37. The Labute approximate surface area is 123 Å². The van der Waals surface area contributed by atoms with Crippen molar-refractivity contribution in [1.82, 2.24) is 9.97 Å². The molecule has 0 saturated carbocycles. The molecule has 0 spiro atoms. The number of aromatic nitrogens is 2. The Morgan fingerprint density at radius 2 is 1.67 bits per heavy atom. The molecular formula is C18H13N3. The van der Waals surface area contributed by atoms with Gasteiger partial charge in [-0.25, -0.2) is 9.97 Å². The summed E-state index contributed by atoms with van der Waals surface area (Å²) in [7, 11) is 0. The average molecular weight is 271 g/mol. The molecule has 3 aromatic rings. The first-order valence-corrected chi connectivity index (χ1v) is 6.71. The molecule has 3 heteroatoms. The molecule has 0 fully saturated rings. The molecule has 2 aromatic carbocycles. The van der Waals surface area contributed by atoms with Crippen molar-refractivity contribution in [2.24, 2.45) is 0 Å². The Hall–Kier alpha value is -2.99. The van der Waals surface area contributed by atoms with E-state index in [9.17, 15) is 5.26 Å². The van der Waals surface area contributed by atoms with E-state index in [2.05, 4.69) is 22.1 Å². The second-order valence-electron chi connectivity index (χ2n) is 4.69. The van der Waals surface area contributed by atoms with Gasteiger partial charge in [0.1, 0.15) is 6.33 Å². The van der Waals surface area contributed by atoms with E-state index >= 15 is 0 Å². The minimum atomic E-state index is 0.688. The highest BCUT2D eigenvalue weighted by Gasteiger charge is 2.09. The van der Waals surface area contributed by atoms with Gasteiger partial charge in [0.2, 0.25) is 0 Å². The van der Waals surface area contributed by atoms with Crippen molar-refractivity contribution in [3.63, 3.8) is 0 Å². The molecule has 21 heavy (non-hydrogen) atoms. The van der Waals surface area contributed by atoms with Crippen LogP contribution in [-0.4, -0.2) is 9.97 Å². The molecule has 0 atom stereocenters. The quantitative estimate of drug-likeness (QED) is 0.731. The highest BCUT2D eigenvalue weighted by Crippen LogP contribution is 2.27. The molecule has 0 unspecified atom stereocenters. The topological polar surface area (TPSA) is 49.6 Å². The zero-order chi connectivity index (χ0) is 14.5. The molecule has 0 saturated heterocycles. The van der Waals surface area contributed by atoms with Gasteiger partial charge < -0.3 is 0 Å². The van der Waals surface area contributed by atoms with Crippen molar-refractivity contribution in [2.75, 3.05) is 0 Å². The molecule has 1 aromatic heterocycles. The van der Waals surface area contributed by atoms with Crippen LogP contribution in [0.1, 0.15) is 16.8 Å². The molecule has 0 amide bonds. The van der Waals surface area contributed by atoms with Crippen LogP contribution in [0.2, 0.25) is 0 Å². The normalized spacial score (nSPS) is 10.0. The summed E-state index contributed by atoms with van der Waals surface area (Å²) < 4.78 is 0. The van der Waals surface area contributed by atoms with Gasteiger partial charge in [0.15, 0.2) is 0 Å². The van der Waals surface area contributed by atoms with Crippen molar-refractivity contribution in [2.45, 2.75) is 6.42 Å². The summed E-state index contributed by atoms with van der Waals surface area (Å²) in [6, 6.07) is 20.0. The van der Waals surface area contributed by atoms with Gasteiger partial charge in [-0.15, -0.1) is 0 Å². The third-order valence-electron chi connectivity index (χ3n) is 3.37. The van der Waals surface area contributed by atoms with E-state index in [0.29, 0.717) is 5.56 Å². The standard InChI is InChI=1S/C18H13N3/c19-12-15-6-2-4-8-18(15)17-7-3-1-5-14(17)11-16-9-10-20-13-21-16/h1-10,13H,11H2. The summed E-state index contributed by atoms with van der Waals surface area (Å²) in [5, 5.41) is 9.29. The third-order valence-corrected chi connectivity index (χ3v) is 3.37. The van der Waals surface area contributed by atoms with Gasteiger partial charge in [-0.3, -0.25) is 0 Å². The number of benzene rings is 2. The Morgan fingerprint density at radius 1 is 0.905 bits per heavy atom. The van der Waals surface area contributed by atoms with E-state index in [0.717, 1.165) is 28.8 Å². The van der Waals surface area contributed by atoms with Gasteiger partial charge in [0.05, 0.1) is 11.6 Å². The van der Waals surface area contributed by atoms with Crippen LogP contribution in [0.4, 0.5) is 0 Å². The van der Waals surface area contributed by atoms with Crippen LogP contribution >= 0.6 is 0 Å². The van der Waals surface area contributed by atoms with Crippen LogP contribution in [0, 0.1) is 11.3 Å². The average Bonchev–Trinajstić information content (AvgIpc) is 2.56. The van der Waals surface area contributed by atoms with Crippen LogP contribution in [0.15, 0.2) is 67.1 Å². The monoisotopic (exact) mass is 271 g/mol. The molecule has 0 radical (unpaired) electrons. The minimum absolute atomic E-state index is 0.688. The van der Waals surface area contributed by atoms with Crippen LogP contribution in [0.3, 0.4) is 0 Å². The van der Waals surface area contributed by atoms with Crippen molar-refractivity contribution in [1.29, 1.82) is 5.26 Å². The molecule has 100 valence electrons. The Morgan fingerprint density at radius 3 is 2.43 bits per heavy atom. The van der Waals surface area contributed by atoms with Crippen LogP contribution in [-0.2, 0) is 6.42 Å². The summed E-state index contributed by atoms with van der Waals surface area (Å²) in [5.74, 6) is 0. The molecular weight excluding hydrogens is 258 g/mol. The molecule has 0 bridgehead atoms. The predicted molar refractivity (Wildman–Crippen MR) is 81.4 cm³/mol. The number of rotatable bonds is 3. The van der Waals surface area contributed by atoms with Gasteiger partial charge in [-0.1, -0.05) is 42.5 Å². The molecule has 3 rings (SSSR count). The summed E-state index contributed by atoms with van der Waals surface area (Å²) in [5.41, 5.74) is 4.84. The summed E-state index contributed by atoms with van der Waals surface area (Å²) >= 11 is 0. The van der Waals surface area contributed by atoms with Gasteiger partial charge in [0, 0.05) is 18.3 Å². The second kappa shape index (κ2) is 5.98. The Balaban J connectivity index is 2.06. The predicted octanol–water partition coefficient (Wildman–Crippen LogP) is 3.61. The fraction of sp³-hybridized carbons (Fsp3) is 0.0556. The molecule has 3 nitrogen and oxygen atoms in total. The Kier molecular flexibility index (Phi) is 3.70. The highest BCUT2D eigenvalue weighted by molar-refractivity contribution is 5.73. The first kappa shape index (κ1) is 13.0. The van der Waals surface area contributed by atoms with E-state index in [4.69, 9.17) is 0 Å². The van der Waals surface area contributed by atoms with Crippen LogP contribution in [0.25, 0.3) is 11.1 Å². The Bertz CT molecular complexity index is 789. The maximum Gasteiger partial charge on any atom is 0.115 e. The van der Waals surface area contributed by atoms with E-state index in [1.807, 2.05) is 48.5 Å². The van der Waals surface area contributed by atoms with Gasteiger partial charge in [-0.2, -0.15) is 5.26 Å². The highest BCUT2D eigenvalue weighted by atomic mass is 14.8. The van der Waals surface area contributed by atoms with Gasteiger partial charge in [0.25, 0.3) is 0 Å². The summed E-state index contributed by atoms with van der Waals surface area (Å²) in [4.78, 5) is 8.22. The van der Waals surface area contributed by atoms with Crippen molar-refractivity contribution < 1.29 is 0 Å². The lowest BCUT2D eigenvalue weighted by atomic mass is 9.94. The van der Waals surface area contributed by atoms with E-state index in [-0.39, 0.29) is 0 Å². The van der Waals surface area contributed by atoms with Crippen LogP contribution < -0.4 is 0 Å². The zero-order valence-corrected chi connectivity index (χ0v) is 11.4. The van der Waals surface area contributed by atoms with E-state index in [1.54, 1.807) is 12.5 Å². The third kappa shape index (κ3) is 2.80. The molecule has 0 aliphatic carbocycles. The first-order valence-electron chi connectivity index (χ1n) is 6.71. The second-order valence-corrected chi connectivity index (χ2v) is 4.69. The van der Waals surface area contributed by atoms with E-state index < -0.39 is 0 Å². The van der Waals surface area contributed by atoms with Crippen LogP contribution in [0.5, 0.6) is 0 Å². The van der Waals surface area contributed by atoms with Gasteiger partial charge in [-0.05, 0) is 28.8 Å². The number of hydrogen-bond donors (Lipinski definition) is 0. The molecule has 0 aliphatic heterocycles. The number of nitrogens with zero attached hydrogens (tertiary/aromatic N) is 3. The van der Waals surface area contributed by atoms with Crippen molar-refractivity contribution in [3.05, 3.63) is 83.9 Å². The lowest BCUT2D eigenvalue weighted by Gasteiger charge is -2.10. The number of nitriles is 1. The van der Waals surface area contributed by atoms with Crippen molar-refractivity contribution >= 4 is 0 Å². The molecule has 0 aliphatic rings. The lowest BCUT2D eigenvalue weighted by Crippen LogP contribution is -1.96. The maximum atomic E-state index is 9.29. The smallest absolute Gasteiger partial charge is 0.115 e. The van der Waals surface area contributed by atoms with Crippen molar-refractivity contribution in [3.8, 4) is 17.2 Å². The molecule has 0 N–H and O–H groups in total. The SMILES string of the molecule is N#Cc1ccccc1-c1ccccc1Cc1ccncn1. The fourth-order valence-corrected chi connectivity index (χ4v) is 2.37. The van der Waals surface area contributed by atoms with E-state index in [1.165, 1.54) is 0 Å². The zero-order valence-electron chi connectivity index (χ0n) is 11.4. The summed E-state index contributed by atoms with van der Waals surface area (Å²) in [6.45, 7) is 0. The lowest BCUT2D eigenvalue weighted by molar-refractivity contribution is 1.03. The molecule has 1 heterocycles. The van der Waals surface area contributed by atoms with Gasteiger partial charge >= 0.3 is 0 Å². The minimum Gasteiger partial charge on any atom is -0.245 e. The first-order chi connectivity index (χ1) is 10.4. The number of hydrogen-bond acceptors (Lipinski definition) is 3. The maximum absolute atomic E-state index is 9.29. The largest absolute Gasteiger partial charge is 0.245 e.